The molecule has 0 aromatic heterocycles. The van der Waals surface area contributed by atoms with Crippen LogP contribution in [0.5, 0.6) is 5.75 Å². The average molecular weight is 453 g/mol. The maximum Gasteiger partial charge on any atom is 0.306 e. The molecule has 0 aliphatic carbocycles. The van der Waals surface area contributed by atoms with Gasteiger partial charge in [-0.25, -0.2) is 0 Å². The van der Waals surface area contributed by atoms with E-state index < -0.39 is 0 Å². The van der Waals surface area contributed by atoms with E-state index >= 15 is 0 Å². The predicted octanol–water partition coefficient (Wildman–Crippen LogP) is 4.15. The zero-order valence-corrected chi connectivity index (χ0v) is 20.0. The number of hydrogen-bond donors (Lipinski definition) is 1. The molecule has 0 radical (unpaired) electrons. The molecule has 1 saturated heterocycles. The zero-order valence-electron chi connectivity index (χ0n) is 20.0. The minimum absolute atomic E-state index is 0.0190. The highest BCUT2D eigenvalue weighted by Gasteiger charge is 2.32. The second kappa shape index (κ2) is 12.4. The van der Waals surface area contributed by atoms with Gasteiger partial charge in [-0.05, 0) is 63.2 Å². The lowest BCUT2D eigenvalue weighted by atomic mass is 9.78. The molecule has 178 valence electrons. The minimum Gasteiger partial charge on any atom is -0.496 e. The Morgan fingerprint density at radius 3 is 2.39 bits per heavy atom. The van der Waals surface area contributed by atoms with E-state index in [1.807, 2.05) is 56.3 Å². The standard InChI is InChI=1S/C27H36N2O4/c1-4-33-26(30)18-24(21-10-6-5-7-11-21)22-14-16-29(17-15-22)20(2)27(31)28-19-23-12-8-9-13-25(23)32-3/h5-13,20,22,24H,4,14-19H2,1-3H3,(H,28,31)/t20-,24-/m1/s1. The van der Waals surface area contributed by atoms with Crippen molar-refractivity contribution in [2.45, 2.75) is 51.6 Å². The third-order valence-electron chi connectivity index (χ3n) is 6.64. The van der Waals surface area contributed by atoms with Gasteiger partial charge in [0, 0.05) is 12.1 Å². The van der Waals surface area contributed by atoms with Gasteiger partial charge < -0.3 is 14.8 Å². The van der Waals surface area contributed by atoms with Crippen molar-refractivity contribution in [3.8, 4) is 5.75 Å². The number of methoxy groups -OCH3 is 1. The summed E-state index contributed by atoms with van der Waals surface area (Å²) >= 11 is 0. The molecule has 1 aliphatic heterocycles. The Hall–Kier alpha value is -2.86. The Bertz CT molecular complexity index is 894. The van der Waals surface area contributed by atoms with E-state index in [1.165, 1.54) is 5.56 Å². The molecule has 2 aromatic carbocycles. The van der Waals surface area contributed by atoms with Gasteiger partial charge >= 0.3 is 5.97 Å². The van der Waals surface area contributed by atoms with Gasteiger partial charge in [-0.2, -0.15) is 0 Å². The lowest BCUT2D eigenvalue weighted by Gasteiger charge is -2.38. The third kappa shape index (κ3) is 6.81. The van der Waals surface area contributed by atoms with Crippen molar-refractivity contribution in [1.29, 1.82) is 0 Å². The highest BCUT2D eigenvalue weighted by molar-refractivity contribution is 5.81. The molecular formula is C27H36N2O4. The number of amides is 1. The Morgan fingerprint density at radius 2 is 1.73 bits per heavy atom. The summed E-state index contributed by atoms with van der Waals surface area (Å²) in [6, 6.07) is 17.8. The highest BCUT2D eigenvalue weighted by Crippen LogP contribution is 2.36. The van der Waals surface area contributed by atoms with E-state index in [-0.39, 0.29) is 23.8 Å². The number of carbonyl (C=O) groups is 2. The predicted molar refractivity (Wildman–Crippen MR) is 129 cm³/mol. The molecule has 1 aliphatic rings. The zero-order chi connectivity index (χ0) is 23.6. The lowest BCUT2D eigenvalue weighted by molar-refractivity contribution is -0.144. The fraction of sp³-hybridized carbons (Fsp3) is 0.481. The van der Waals surface area contributed by atoms with Crippen LogP contribution in [0.3, 0.4) is 0 Å². The Morgan fingerprint density at radius 1 is 1.06 bits per heavy atom. The second-order valence-electron chi connectivity index (χ2n) is 8.61. The number of nitrogens with zero attached hydrogens (tertiary/aromatic N) is 1. The highest BCUT2D eigenvalue weighted by atomic mass is 16.5. The first-order valence-electron chi connectivity index (χ1n) is 11.9. The van der Waals surface area contributed by atoms with Gasteiger partial charge in [-0.3, -0.25) is 14.5 Å². The fourth-order valence-corrected chi connectivity index (χ4v) is 4.71. The van der Waals surface area contributed by atoms with E-state index in [4.69, 9.17) is 9.47 Å². The molecule has 2 atom stereocenters. The molecule has 3 rings (SSSR count). The smallest absolute Gasteiger partial charge is 0.306 e. The van der Waals surface area contributed by atoms with Crippen LogP contribution in [0.25, 0.3) is 0 Å². The van der Waals surface area contributed by atoms with Crippen molar-refractivity contribution in [3.05, 3.63) is 65.7 Å². The van der Waals surface area contributed by atoms with Gasteiger partial charge in [0.25, 0.3) is 0 Å². The first-order chi connectivity index (χ1) is 16.0. The molecule has 1 N–H and O–H groups in total. The van der Waals surface area contributed by atoms with Crippen LogP contribution >= 0.6 is 0 Å². The average Bonchev–Trinajstić information content (AvgIpc) is 2.86. The number of nitrogens with one attached hydrogen (secondary N) is 1. The number of likely N-dealkylation sites (tertiary alicyclic amines) is 1. The van der Waals surface area contributed by atoms with Crippen LogP contribution in [0.2, 0.25) is 0 Å². The molecule has 1 heterocycles. The number of piperidine rings is 1. The van der Waals surface area contributed by atoms with Crippen LogP contribution in [0, 0.1) is 5.92 Å². The molecule has 6 nitrogen and oxygen atoms in total. The number of ether oxygens (including phenoxy) is 2. The van der Waals surface area contributed by atoms with Crippen molar-refractivity contribution < 1.29 is 19.1 Å². The van der Waals surface area contributed by atoms with Crippen LogP contribution in [-0.4, -0.2) is 49.6 Å². The number of carbonyl (C=O) groups excluding carboxylic acids is 2. The molecule has 0 unspecified atom stereocenters. The van der Waals surface area contributed by atoms with Crippen molar-refractivity contribution in [2.75, 3.05) is 26.8 Å². The molecule has 1 amide bonds. The molecule has 6 heteroatoms. The van der Waals surface area contributed by atoms with Crippen LogP contribution in [-0.2, 0) is 20.9 Å². The Kier molecular flexibility index (Phi) is 9.31. The SMILES string of the molecule is CCOC(=O)C[C@H](c1ccccc1)C1CCN([C@H](C)C(=O)NCc2ccccc2OC)CC1. The van der Waals surface area contributed by atoms with Crippen LogP contribution in [0.4, 0.5) is 0 Å². The molecule has 33 heavy (non-hydrogen) atoms. The molecule has 2 aromatic rings. The summed E-state index contributed by atoms with van der Waals surface area (Å²) in [4.78, 5) is 27.3. The third-order valence-corrected chi connectivity index (χ3v) is 6.64. The summed E-state index contributed by atoms with van der Waals surface area (Å²) in [5.74, 6) is 1.18. The second-order valence-corrected chi connectivity index (χ2v) is 8.61. The normalized spacial score (nSPS) is 16.6. The monoisotopic (exact) mass is 452 g/mol. The summed E-state index contributed by atoms with van der Waals surface area (Å²) in [5.41, 5.74) is 2.15. The summed E-state index contributed by atoms with van der Waals surface area (Å²) in [7, 11) is 1.64. The van der Waals surface area contributed by atoms with Crippen LogP contribution in [0.1, 0.15) is 50.2 Å². The maximum atomic E-state index is 12.8. The minimum atomic E-state index is -0.208. The number of hydrogen-bond acceptors (Lipinski definition) is 5. The molecular weight excluding hydrogens is 416 g/mol. The Balaban J connectivity index is 1.56. The lowest BCUT2D eigenvalue weighted by Crippen LogP contribution is -2.48. The van der Waals surface area contributed by atoms with Crippen molar-refractivity contribution in [2.24, 2.45) is 5.92 Å². The van der Waals surface area contributed by atoms with E-state index in [0.717, 1.165) is 37.2 Å². The van der Waals surface area contributed by atoms with Crippen molar-refractivity contribution in [1.82, 2.24) is 10.2 Å². The van der Waals surface area contributed by atoms with Gasteiger partial charge in [0.1, 0.15) is 5.75 Å². The van der Waals surface area contributed by atoms with Crippen molar-refractivity contribution in [3.63, 3.8) is 0 Å². The van der Waals surface area contributed by atoms with E-state index in [1.54, 1.807) is 7.11 Å². The van der Waals surface area contributed by atoms with Gasteiger partial charge in [0.2, 0.25) is 5.91 Å². The summed E-state index contributed by atoms with van der Waals surface area (Å²) < 4.78 is 10.6. The summed E-state index contributed by atoms with van der Waals surface area (Å²) in [6.45, 7) is 6.32. The fourth-order valence-electron chi connectivity index (χ4n) is 4.71. The number of rotatable bonds is 10. The van der Waals surface area contributed by atoms with Gasteiger partial charge in [0.05, 0.1) is 26.2 Å². The number of esters is 1. The van der Waals surface area contributed by atoms with E-state index in [9.17, 15) is 9.59 Å². The molecule has 0 bridgehead atoms. The van der Waals surface area contributed by atoms with Gasteiger partial charge in [-0.1, -0.05) is 48.5 Å². The first-order valence-corrected chi connectivity index (χ1v) is 11.9. The summed E-state index contributed by atoms with van der Waals surface area (Å²) in [6.07, 6.45) is 2.30. The number of benzene rings is 2. The van der Waals surface area contributed by atoms with E-state index in [0.29, 0.717) is 25.5 Å². The van der Waals surface area contributed by atoms with Gasteiger partial charge in [0.15, 0.2) is 0 Å². The van der Waals surface area contributed by atoms with Crippen LogP contribution in [0.15, 0.2) is 54.6 Å². The largest absolute Gasteiger partial charge is 0.496 e. The van der Waals surface area contributed by atoms with Crippen molar-refractivity contribution >= 4 is 11.9 Å². The summed E-state index contributed by atoms with van der Waals surface area (Å²) in [5, 5.41) is 3.05. The molecule has 0 spiro atoms. The maximum absolute atomic E-state index is 12.8. The molecule has 1 fully saturated rings. The van der Waals surface area contributed by atoms with Crippen LogP contribution < -0.4 is 10.1 Å². The number of para-hydroxylation sites is 1. The topological polar surface area (TPSA) is 67.9 Å². The van der Waals surface area contributed by atoms with Gasteiger partial charge in [-0.15, -0.1) is 0 Å². The van der Waals surface area contributed by atoms with E-state index in [2.05, 4.69) is 22.3 Å². The first kappa shape index (κ1) is 24.8. The Labute approximate surface area is 197 Å². The molecule has 0 saturated carbocycles. The quantitative estimate of drug-likeness (QED) is 0.549.